The van der Waals surface area contributed by atoms with E-state index in [0.29, 0.717) is 22.1 Å². The summed E-state index contributed by atoms with van der Waals surface area (Å²) in [5.74, 6) is 1.96. The van der Waals surface area contributed by atoms with Gasteiger partial charge < -0.3 is 9.47 Å². The number of nitrogens with zero attached hydrogens (tertiary/aromatic N) is 3. The zero-order chi connectivity index (χ0) is 17.8. The van der Waals surface area contributed by atoms with Crippen molar-refractivity contribution in [3.8, 4) is 22.9 Å². The Balaban J connectivity index is 1.97. The van der Waals surface area contributed by atoms with Gasteiger partial charge in [0, 0.05) is 5.56 Å². The molecule has 7 heteroatoms. The highest BCUT2D eigenvalue weighted by atomic mass is 32.1. The van der Waals surface area contributed by atoms with Crippen LogP contribution in [0.1, 0.15) is 11.1 Å². The molecule has 0 saturated heterocycles. The first-order valence-electron chi connectivity index (χ1n) is 7.63. The number of hydrogen-bond acceptors (Lipinski definition) is 5. The Morgan fingerprint density at radius 1 is 1.12 bits per heavy atom. The number of aromatic amines is 1. The van der Waals surface area contributed by atoms with Gasteiger partial charge >= 0.3 is 0 Å². The van der Waals surface area contributed by atoms with Crippen LogP contribution in [-0.4, -0.2) is 35.3 Å². The van der Waals surface area contributed by atoms with Gasteiger partial charge in [-0.05, 0) is 49.0 Å². The Morgan fingerprint density at radius 2 is 1.92 bits per heavy atom. The number of ether oxygens (including phenoxy) is 2. The standard InChI is InChI=1S/C18H18N4O2S/c1-12-5-4-6-14(9-12)17-20-21-18(25)22(17)19-11-13-7-8-15(23-2)16(10-13)24-3/h4-11H,1-3H3,(H,21,25)/b19-11-. The van der Waals surface area contributed by atoms with E-state index in [1.807, 2.05) is 49.4 Å². The molecule has 1 aromatic heterocycles. The SMILES string of the molecule is COc1ccc(/C=N\n2c(-c3cccc(C)c3)n[nH]c2=S)cc1OC. The Labute approximate surface area is 150 Å². The van der Waals surface area contributed by atoms with Crippen molar-refractivity contribution in [1.82, 2.24) is 14.9 Å². The van der Waals surface area contributed by atoms with Gasteiger partial charge in [-0.15, -0.1) is 0 Å². The largest absolute Gasteiger partial charge is 0.493 e. The third kappa shape index (κ3) is 3.61. The lowest BCUT2D eigenvalue weighted by Crippen LogP contribution is -1.96. The van der Waals surface area contributed by atoms with Crippen LogP contribution >= 0.6 is 12.2 Å². The van der Waals surface area contributed by atoms with Gasteiger partial charge in [-0.3, -0.25) is 0 Å². The van der Waals surface area contributed by atoms with Gasteiger partial charge in [0.25, 0.3) is 0 Å². The second-order valence-electron chi connectivity index (χ2n) is 5.39. The summed E-state index contributed by atoms with van der Waals surface area (Å²) < 4.78 is 12.6. The normalized spacial score (nSPS) is 11.0. The van der Waals surface area contributed by atoms with Crippen LogP contribution in [0.3, 0.4) is 0 Å². The highest BCUT2D eigenvalue weighted by Gasteiger charge is 2.08. The molecule has 1 N–H and O–H groups in total. The summed E-state index contributed by atoms with van der Waals surface area (Å²) in [5.41, 5.74) is 2.94. The molecule has 0 saturated carbocycles. The van der Waals surface area contributed by atoms with Crippen molar-refractivity contribution in [1.29, 1.82) is 0 Å². The van der Waals surface area contributed by atoms with Crippen LogP contribution in [-0.2, 0) is 0 Å². The highest BCUT2D eigenvalue weighted by molar-refractivity contribution is 7.71. The van der Waals surface area contributed by atoms with Gasteiger partial charge in [-0.2, -0.15) is 14.9 Å². The van der Waals surface area contributed by atoms with E-state index in [4.69, 9.17) is 21.7 Å². The minimum Gasteiger partial charge on any atom is -0.493 e. The third-order valence-electron chi connectivity index (χ3n) is 3.66. The summed E-state index contributed by atoms with van der Waals surface area (Å²) in [6.45, 7) is 2.03. The number of H-pyrrole nitrogens is 1. The smallest absolute Gasteiger partial charge is 0.216 e. The molecule has 0 radical (unpaired) electrons. The first-order valence-corrected chi connectivity index (χ1v) is 8.04. The van der Waals surface area contributed by atoms with Crippen molar-refractivity contribution < 1.29 is 9.47 Å². The van der Waals surface area contributed by atoms with Crippen molar-refractivity contribution in [2.45, 2.75) is 6.92 Å². The fraction of sp³-hybridized carbons (Fsp3) is 0.167. The first-order chi connectivity index (χ1) is 12.1. The van der Waals surface area contributed by atoms with Crippen LogP contribution in [0.4, 0.5) is 0 Å². The van der Waals surface area contributed by atoms with E-state index in [1.54, 1.807) is 25.1 Å². The average molecular weight is 354 g/mol. The minimum absolute atomic E-state index is 0.424. The van der Waals surface area contributed by atoms with Gasteiger partial charge in [0.2, 0.25) is 4.77 Å². The molecule has 0 spiro atoms. The molecular formula is C18H18N4O2S. The molecule has 0 aliphatic rings. The van der Waals surface area contributed by atoms with Crippen molar-refractivity contribution in [3.63, 3.8) is 0 Å². The maximum Gasteiger partial charge on any atom is 0.216 e. The van der Waals surface area contributed by atoms with E-state index in [1.165, 1.54) is 0 Å². The van der Waals surface area contributed by atoms with Gasteiger partial charge in [0.05, 0.1) is 20.4 Å². The predicted molar refractivity (Wildman–Crippen MR) is 100 cm³/mol. The second kappa shape index (κ2) is 7.31. The lowest BCUT2D eigenvalue weighted by atomic mass is 10.1. The Morgan fingerprint density at radius 3 is 2.64 bits per heavy atom. The molecule has 1 heterocycles. The van der Waals surface area contributed by atoms with E-state index in [2.05, 4.69) is 15.3 Å². The van der Waals surface area contributed by atoms with Gasteiger partial charge in [-0.1, -0.05) is 23.8 Å². The van der Waals surface area contributed by atoms with Crippen LogP contribution < -0.4 is 9.47 Å². The fourth-order valence-corrected chi connectivity index (χ4v) is 2.61. The van der Waals surface area contributed by atoms with Gasteiger partial charge in [0.15, 0.2) is 17.3 Å². The number of hydrogen-bond donors (Lipinski definition) is 1. The molecule has 6 nitrogen and oxygen atoms in total. The van der Waals surface area contributed by atoms with Crippen molar-refractivity contribution >= 4 is 18.4 Å². The fourth-order valence-electron chi connectivity index (χ4n) is 2.43. The van der Waals surface area contributed by atoms with Crippen molar-refractivity contribution in [3.05, 3.63) is 58.4 Å². The summed E-state index contributed by atoms with van der Waals surface area (Å²) in [4.78, 5) is 0. The van der Waals surface area contributed by atoms with E-state index >= 15 is 0 Å². The Kier molecular flexibility index (Phi) is 4.95. The van der Waals surface area contributed by atoms with Crippen LogP contribution in [0, 0.1) is 11.7 Å². The van der Waals surface area contributed by atoms with E-state index in [-0.39, 0.29) is 0 Å². The van der Waals surface area contributed by atoms with Crippen LogP contribution in [0.25, 0.3) is 11.4 Å². The molecule has 0 aliphatic heterocycles. The number of aromatic nitrogens is 3. The molecule has 0 aliphatic carbocycles. The molecule has 3 aromatic rings. The van der Waals surface area contributed by atoms with E-state index in [0.717, 1.165) is 16.7 Å². The minimum atomic E-state index is 0.424. The summed E-state index contributed by atoms with van der Waals surface area (Å²) in [6.07, 6.45) is 1.70. The quantitative estimate of drug-likeness (QED) is 0.559. The van der Waals surface area contributed by atoms with Crippen LogP contribution in [0.5, 0.6) is 11.5 Å². The number of methoxy groups -OCH3 is 2. The summed E-state index contributed by atoms with van der Waals surface area (Å²) in [5, 5.41) is 11.5. The molecule has 0 unspecified atom stereocenters. The molecule has 25 heavy (non-hydrogen) atoms. The number of benzene rings is 2. The van der Waals surface area contributed by atoms with Crippen molar-refractivity contribution in [2.24, 2.45) is 5.10 Å². The second-order valence-corrected chi connectivity index (χ2v) is 5.78. The zero-order valence-corrected chi connectivity index (χ0v) is 15.0. The summed E-state index contributed by atoms with van der Waals surface area (Å²) >= 11 is 5.30. The first kappa shape index (κ1) is 16.9. The number of rotatable bonds is 5. The average Bonchev–Trinajstić information content (AvgIpc) is 3.00. The highest BCUT2D eigenvalue weighted by Crippen LogP contribution is 2.27. The van der Waals surface area contributed by atoms with Crippen LogP contribution in [0.2, 0.25) is 0 Å². The Hall–Kier alpha value is -2.93. The lowest BCUT2D eigenvalue weighted by molar-refractivity contribution is 0.355. The topological polar surface area (TPSA) is 64.4 Å². The predicted octanol–water partition coefficient (Wildman–Crippen LogP) is 3.82. The molecule has 0 bridgehead atoms. The molecule has 3 rings (SSSR count). The molecule has 0 amide bonds. The molecule has 2 aromatic carbocycles. The molecule has 0 atom stereocenters. The maximum atomic E-state index is 5.31. The van der Waals surface area contributed by atoms with Crippen molar-refractivity contribution in [2.75, 3.05) is 14.2 Å². The Bertz CT molecular complexity index is 975. The maximum absolute atomic E-state index is 5.31. The monoisotopic (exact) mass is 354 g/mol. The zero-order valence-electron chi connectivity index (χ0n) is 14.2. The number of nitrogens with one attached hydrogen (secondary N) is 1. The van der Waals surface area contributed by atoms with Gasteiger partial charge in [0.1, 0.15) is 0 Å². The number of aryl methyl sites for hydroxylation is 1. The van der Waals surface area contributed by atoms with Gasteiger partial charge in [-0.25, -0.2) is 5.10 Å². The summed E-state index contributed by atoms with van der Waals surface area (Å²) in [7, 11) is 3.20. The molecule has 0 fully saturated rings. The molecular weight excluding hydrogens is 336 g/mol. The summed E-state index contributed by atoms with van der Waals surface area (Å²) in [6, 6.07) is 13.6. The van der Waals surface area contributed by atoms with Crippen LogP contribution in [0.15, 0.2) is 47.6 Å². The van der Waals surface area contributed by atoms with E-state index in [9.17, 15) is 0 Å². The lowest BCUT2D eigenvalue weighted by Gasteiger charge is -2.07. The third-order valence-corrected chi connectivity index (χ3v) is 3.92. The molecule has 128 valence electrons. The van der Waals surface area contributed by atoms with E-state index < -0.39 is 0 Å².